The Morgan fingerprint density at radius 1 is 1.32 bits per heavy atom. The van der Waals surface area contributed by atoms with E-state index in [1.54, 1.807) is 11.8 Å². The number of hydrogen-bond acceptors (Lipinski definition) is 4. The van der Waals surface area contributed by atoms with Crippen molar-refractivity contribution >= 4 is 23.4 Å². The number of rotatable bonds is 6. The lowest BCUT2D eigenvalue weighted by Crippen LogP contribution is -2.26. The van der Waals surface area contributed by atoms with Crippen molar-refractivity contribution in [1.82, 2.24) is 9.78 Å². The number of thioether (sulfide) groups is 1. The molecule has 0 fully saturated rings. The van der Waals surface area contributed by atoms with Gasteiger partial charge in [0.2, 0.25) is 0 Å². The van der Waals surface area contributed by atoms with E-state index in [4.69, 9.17) is 0 Å². The van der Waals surface area contributed by atoms with Gasteiger partial charge < -0.3 is 5.32 Å². The molecule has 1 heterocycles. The van der Waals surface area contributed by atoms with Crippen molar-refractivity contribution in [3.8, 4) is 0 Å². The second-order valence-corrected chi connectivity index (χ2v) is 5.70. The van der Waals surface area contributed by atoms with Gasteiger partial charge in [-0.1, -0.05) is 19.4 Å². The van der Waals surface area contributed by atoms with Gasteiger partial charge in [0, 0.05) is 23.2 Å². The van der Waals surface area contributed by atoms with Gasteiger partial charge in [-0.15, -0.1) is 11.8 Å². The molecule has 1 aromatic heterocycles. The van der Waals surface area contributed by atoms with E-state index in [2.05, 4.69) is 10.4 Å². The second kappa shape index (κ2) is 7.79. The quantitative estimate of drug-likeness (QED) is 0.832. The van der Waals surface area contributed by atoms with E-state index in [9.17, 15) is 9.59 Å². The van der Waals surface area contributed by atoms with Gasteiger partial charge in [-0.05, 0) is 36.9 Å². The number of anilines is 1. The third-order valence-electron chi connectivity index (χ3n) is 3.15. The molecule has 1 aromatic carbocycles. The number of nitrogens with one attached hydrogen (secondary N) is 1. The van der Waals surface area contributed by atoms with Crippen LogP contribution in [0.3, 0.4) is 0 Å². The zero-order valence-electron chi connectivity index (χ0n) is 12.7. The highest BCUT2D eigenvalue weighted by Crippen LogP contribution is 2.19. The summed E-state index contributed by atoms with van der Waals surface area (Å²) in [6.07, 6.45) is 3.80. The summed E-state index contributed by atoms with van der Waals surface area (Å²) in [4.78, 5) is 25.0. The Hall–Kier alpha value is -2.08. The van der Waals surface area contributed by atoms with E-state index in [1.807, 2.05) is 37.4 Å². The molecule has 5 nitrogen and oxygen atoms in total. The normalized spacial score (nSPS) is 10.5. The van der Waals surface area contributed by atoms with Crippen molar-refractivity contribution in [2.75, 3.05) is 11.6 Å². The Bertz CT molecular complexity index is 713. The van der Waals surface area contributed by atoms with Crippen LogP contribution in [0.1, 0.15) is 30.3 Å². The first-order valence-electron chi connectivity index (χ1n) is 7.17. The van der Waals surface area contributed by atoms with Gasteiger partial charge in [-0.25, -0.2) is 4.68 Å². The van der Waals surface area contributed by atoms with Crippen molar-refractivity contribution in [3.05, 3.63) is 52.4 Å². The molecule has 0 saturated carbocycles. The van der Waals surface area contributed by atoms with Crippen LogP contribution >= 0.6 is 11.8 Å². The van der Waals surface area contributed by atoms with Crippen LogP contribution in [-0.4, -0.2) is 21.9 Å². The Morgan fingerprint density at radius 3 is 2.86 bits per heavy atom. The molecule has 1 N–H and O–H groups in total. The second-order valence-electron chi connectivity index (χ2n) is 4.82. The fraction of sp³-hybridized carbons (Fsp3) is 0.312. The lowest BCUT2D eigenvalue weighted by Gasteiger charge is -2.08. The summed E-state index contributed by atoms with van der Waals surface area (Å²) in [5.74, 6) is -0.316. The third-order valence-corrected chi connectivity index (χ3v) is 3.88. The maximum atomic E-state index is 12.3. The molecular weight excluding hydrogens is 298 g/mol. The molecule has 0 aliphatic heterocycles. The molecule has 0 aliphatic rings. The Morgan fingerprint density at radius 2 is 2.14 bits per heavy atom. The minimum absolute atomic E-state index is 0.186. The highest BCUT2D eigenvalue weighted by molar-refractivity contribution is 7.98. The number of carbonyl (C=O) groups excluding carboxylic acids is 1. The number of unbranched alkanes of at least 4 members (excludes halogenated alkanes) is 1. The molecule has 22 heavy (non-hydrogen) atoms. The van der Waals surface area contributed by atoms with Gasteiger partial charge in [0.25, 0.3) is 11.5 Å². The summed E-state index contributed by atoms with van der Waals surface area (Å²) in [7, 11) is 0. The van der Waals surface area contributed by atoms with Gasteiger partial charge >= 0.3 is 0 Å². The highest BCUT2D eigenvalue weighted by atomic mass is 32.2. The van der Waals surface area contributed by atoms with E-state index in [-0.39, 0.29) is 17.2 Å². The standard InChI is InChI=1S/C16H19N3O2S/c1-3-4-10-19-15(20)9-8-14(18-19)16(21)17-12-6-5-7-13(11-12)22-2/h5-9,11H,3-4,10H2,1-2H3,(H,17,21). The molecule has 2 aromatic rings. The number of nitrogens with zero attached hydrogens (tertiary/aromatic N) is 2. The largest absolute Gasteiger partial charge is 0.321 e. The Kier molecular flexibility index (Phi) is 5.77. The molecule has 2 rings (SSSR count). The molecule has 0 saturated heterocycles. The summed E-state index contributed by atoms with van der Waals surface area (Å²) < 4.78 is 1.34. The van der Waals surface area contributed by atoms with E-state index >= 15 is 0 Å². The molecule has 1 amide bonds. The summed E-state index contributed by atoms with van der Waals surface area (Å²) in [6, 6.07) is 10.4. The van der Waals surface area contributed by atoms with Crippen molar-refractivity contribution in [2.45, 2.75) is 31.2 Å². The molecule has 6 heteroatoms. The van der Waals surface area contributed by atoms with Crippen molar-refractivity contribution in [2.24, 2.45) is 0 Å². The van der Waals surface area contributed by atoms with Crippen LogP contribution in [0.25, 0.3) is 0 Å². The summed E-state index contributed by atoms with van der Waals surface area (Å²) in [5, 5.41) is 6.94. The van der Waals surface area contributed by atoms with E-state index in [0.29, 0.717) is 12.2 Å². The van der Waals surface area contributed by atoms with Crippen molar-refractivity contribution in [3.63, 3.8) is 0 Å². The topological polar surface area (TPSA) is 64.0 Å². The fourth-order valence-electron chi connectivity index (χ4n) is 1.93. The molecule has 0 unspecified atom stereocenters. The van der Waals surface area contributed by atoms with Gasteiger partial charge in [0.1, 0.15) is 5.69 Å². The van der Waals surface area contributed by atoms with Gasteiger partial charge in [0.05, 0.1) is 0 Å². The fourth-order valence-corrected chi connectivity index (χ4v) is 2.39. The smallest absolute Gasteiger partial charge is 0.276 e. The number of benzene rings is 1. The number of amides is 1. The predicted molar refractivity (Wildman–Crippen MR) is 89.6 cm³/mol. The van der Waals surface area contributed by atoms with Gasteiger partial charge in [0.15, 0.2) is 0 Å². The first-order chi connectivity index (χ1) is 10.6. The monoisotopic (exact) mass is 317 g/mol. The molecule has 0 spiro atoms. The van der Waals surface area contributed by atoms with Crippen molar-refractivity contribution in [1.29, 1.82) is 0 Å². The van der Waals surface area contributed by atoms with Crippen LogP contribution in [0.15, 0.2) is 46.1 Å². The average molecular weight is 317 g/mol. The number of hydrogen-bond donors (Lipinski definition) is 1. The minimum Gasteiger partial charge on any atom is -0.321 e. The van der Waals surface area contributed by atoms with Gasteiger partial charge in [-0.2, -0.15) is 5.10 Å². The summed E-state index contributed by atoms with van der Waals surface area (Å²) in [5.41, 5.74) is 0.768. The molecule has 0 radical (unpaired) electrons. The summed E-state index contributed by atoms with van der Waals surface area (Å²) in [6.45, 7) is 2.57. The Balaban J connectivity index is 2.16. The molecule has 116 valence electrons. The van der Waals surface area contributed by atoms with Crippen LogP contribution in [0, 0.1) is 0 Å². The zero-order valence-corrected chi connectivity index (χ0v) is 13.5. The Labute approximate surface area is 133 Å². The third kappa shape index (κ3) is 4.21. The maximum Gasteiger partial charge on any atom is 0.276 e. The zero-order chi connectivity index (χ0) is 15.9. The SMILES string of the molecule is CCCCn1nc(C(=O)Nc2cccc(SC)c2)ccc1=O. The minimum atomic E-state index is -0.316. The van der Waals surface area contributed by atoms with Crippen LogP contribution in [-0.2, 0) is 6.54 Å². The lowest BCUT2D eigenvalue weighted by molar-refractivity contribution is 0.101. The maximum absolute atomic E-state index is 12.3. The molecular formula is C16H19N3O2S. The van der Waals surface area contributed by atoms with Gasteiger partial charge in [-0.3, -0.25) is 9.59 Å². The number of aromatic nitrogens is 2. The molecule has 0 atom stereocenters. The average Bonchev–Trinajstić information content (AvgIpc) is 2.54. The predicted octanol–water partition coefficient (Wildman–Crippen LogP) is 3.02. The van der Waals surface area contributed by atoms with Crippen molar-refractivity contribution < 1.29 is 4.79 Å². The van der Waals surface area contributed by atoms with Crippen LogP contribution < -0.4 is 10.9 Å². The first kappa shape index (κ1) is 16.3. The van der Waals surface area contributed by atoms with E-state index in [0.717, 1.165) is 17.7 Å². The number of carbonyl (C=O) groups is 1. The summed E-state index contributed by atoms with van der Waals surface area (Å²) >= 11 is 1.61. The lowest BCUT2D eigenvalue weighted by atomic mass is 10.3. The van der Waals surface area contributed by atoms with E-state index in [1.165, 1.54) is 16.8 Å². The van der Waals surface area contributed by atoms with Crippen LogP contribution in [0.4, 0.5) is 5.69 Å². The molecule has 0 bridgehead atoms. The van der Waals surface area contributed by atoms with Crippen LogP contribution in [0.2, 0.25) is 0 Å². The van der Waals surface area contributed by atoms with Crippen LogP contribution in [0.5, 0.6) is 0 Å². The first-order valence-corrected chi connectivity index (χ1v) is 8.40. The molecule has 0 aliphatic carbocycles. The highest BCUT2D eigenvalue weighted by Gasteiger charge is 2.10. The number of aryl methyl sites for hydroxylation is 1. The van der Waals surface area contributed by atoms with E-state index < -0.39 is 0 Å².